The number of carbonyl (C=O) groups is 1. The molecular formula is C14H19BrN2O2. The van der Waals surface area contributed by atoms with Gasteiger partial charge in [-0.1, -0.05) is 15.9 Å². The highest BCUT2D eigenvalue weighted by Gasteiger charge is 2.28. The third-order valence-electron chi connectivity index (χ3n) is 3.58. The first-order valence-corrected chi connectivity index (χ1v) is 7.27. The number of hydrogen-bond acceptors (Lipinski definition) is 2. The maximum absolute atomic E-state index is 12.3. The summed E-state index contributed by atoms with van der Waals surface area (Å²) in [4.78, 5) is 14.0. The molecule has 1 aliphatic rings. The molecule has 1 heterocycles. The summed E-state index contributed by atoms with van der Waals surface area (Å²) in [5.74, 6) is 0. The van der Waals surface area contributed by atoms with E-state index in [1.54, 1.807) is 4.90 Å². The van der Waals surface area contributed by atoms with Crippen molar-refractivity contribution in [3.05, 3.63) is 27.7 Å². The first kappa shape index (κ1) is 14.3. The van der Waals surface area contributed by atoms with E-state index in [0.29, 0.717) is 6.54 Å². The third kappa shape index (κ3) is 3.09. The van der Waals surface area contributed by atoms with E-state index in [0.717, 1.165) is 34.1 Å². The minimum atomic E-state index is -0.120. The average Bonchev–Trinajstić information content (AvgIpc) is 2.81. The van der Waals surface area contributed by atoms with Crippen LogP contribution in [0, 0.1) is 13.8 Å². The number of aliphatic hydroxyl groups is 1. The van der Waals surface area contributed by atoms with Gasteiger partial charge in [-0.3, -0.25) is 0 Å². The van der Waals surface area contributed by atoms with Crippen molar-refractivity contribution >= 4 is 27.6 Å². The molecule has 1 fully saturated rings. The van der Waals surface area contributed by atoms with E-state index in [1.165, 1.54) is 0 Å². The summed E-state index contributed by atoms with van der Waals surface area (Å²) >= 11 is 3.44. The topological polar surface area (TPSA) is 52.6 Å². The molecule has 2 rings (SSSR count). The first-order chi connectivity index (χ1) is 9.02. The Bertz CT molecular complexity index is 467. The van der Waals surface area contributed by atoms with Crippen LogP contribution in [-0.4, -0.2) is 35.2 Å². The average molecular weight is 327 g/mol. The van der Waals surface area contributed by atoms with Crippen LogP contribution in [-0.2, 0) is 0 Å². The van der Waals surface area contributed by atoms with Gasteiger partial charge in [0.25, 0.3) is 0 Å². The van der Waals surface area contributed by atoms with Crippen molar-refractivity contribution in [1.82, 2.24) is 4.90 Å². The second-order valence-corrected chi connectivity index (χ2v) is 5.93. The van der Waals surface area contributed by atoms with Gasteiger partial charge in [0, 0.05) is 16.7 Å². The predicted molar refractivity (Wildman–Crippen MR) is 79.4 cm³/mol. The largest absolute Gasteiger partial charge is 0.394 e. The van der Waals surface area contributed by atoms with E-state index in [1.807, 2.05) is 26.0 Å². The van der Waals surface area contributed by atoms with Gasteiger partial charge in [0.15, 0.2) is 0 Å². The molecule has 0 saturated carbocycles. The zero-order valence-corrected chi connectivity index (χ0v) is 12.8. The minimum Gasteiger partial charge on any atom is -0.394 e. The normalized spacial score (nSPS) is 18.7. The van der Waals surface area contributed by atoms with E-state index >= 15 is 0 Å². The molecule has 19 heavy (non-hydrogen) atoms. The molecule has 1 aromatic carbocycles. The van der Waals surface area contributed by atoms with E-state index in [-0.39, 0.29) is 18.7 Å². The summed E-state index contributed by atoms with van der Waals surface area (Å²) in [6, 6.07) is 3.80. The van der Waals surface area contributed by atoms with E-state index < -0.39 is 0 Å². The fourth-order valence-corrected chi connectivity index (χ4v) is 3.27. The van der Waals surface area contributed by atoms with Gasteiger partial charge in [-0.25, -0.2) is 4.79 Å². The van der Waals surface area contributed by atoms with Crippen molar-refractivity contribution in [1.29, 1.82) is 0 Å². The number of carbonyl (C=O) groups excluding carboxylic acids is 1. The maximum atomic E-state index is 12.3. The Labute approximate surface area is 121 Å². The standard InChI is InChI=1S/C14H19BrN2O2/c1-9-6-11(15)7-10(2)13(9)16-14(19)17-5-3-4-12(17)8-18/h6-7,12,18H,3-5,8H2,1-2H3,(H,16,19)/t12-/m0/s1. The molecule has 0 aromatic heterocycles. The number of aliphatic hydroxyl groups excluding tert-OH is 1. The lowest BCUT2D eigenvalue weighted by atomic mass is 10.1. The highest BCUT2D eigenvalue weighted by Crippen LogP contribution is 2.26. The molecule has 1 atom stereocenters. The molecule has 2 N–H and O–H groups in total. The zero-order chi connectivity index (χ0) is 14.0. The van der Waals surface area contributed by atoms with Gasteiger partial charge in [-0.2, -0.15) is 0 Å². The van der Waals surface area contributed by atoms with Crippen LogP contribution < -0.4 is 5.32 Å². The lowest BCUT2D eigenvalue weighted by Gasteiger charge is -2.24. The number of anilines is 1. The number of aryl methyl sites for hydroxylation is 2. The quantitative estimate of drug-likeness (QED) is 0.877. The van der Waals surface area contributed by atoms with Crippen LogP contribution in [0.4, 0.5) is 10.5 Å². The lowest BCUT2D eigenvalue weighted by Crippen LogP contribution is -2.40. The summed E-state index contributed by atoms with van der Waals surface area (Å²) in [5.41, 5.74) is 2.91. The fraction of sp³-hybridized carbons (Fsp3) is 0.500. The number of amides is 2. The van der Waals surface area contributed by atoms with Crippen molar-refractivity contribution in [3.8, 4) is 0 Å². The van der Waals surface area contributed by atoms with E-state index in [9.17, 15) is 9.90 Å². The fourth-order valence-electron chi connectivity index (χ4n) is 2.58. The summed E-state index contributed by atoms with van der Waals surface area (Å²) < 4.78 is 1.01. The molecular weight excluding hydrogens is 308 g/mol. The van der Waals surface area contributed by atoms with Gasteiger partial charge >= 0.3 is 6.03 Å². The first-order valence-electron chi connectivity index (χ1n) is 6.48. The Balaban J connectivity index is 2.15. The van der Waals surface area contributed by atoms with Crippen LogP contribution in [0.2, 0.25) is 0 Å². The zero-order valence-electron chi connectivity index (χ0n) is 11.2. The van der Waals surface area contributed by atoms with Crippen LogP contribution in [0.15, 0.2) is 16.6 Å². The minimum absolute atomic E-state index is 0.0335. The molecule has 104 valence electrons. The highest BCUT2D eigenvalue weighted by molar-refractivity contribution is 9.10. The van der Waals surface area contributed by atoms with Crippen LogP contribution in [0.3, 0.4) is 0 Å². The Morgan fingerprint density at radius 2 is 2.11 bits per heavy atom. The number of nitrogens with zero attached hydrogens (tertiary/aromatic N) is 1. The Hall–Kier alpha value is -1.07. The Morgan fingerprint density at radius 3 is 2.68 bits per heavy atom. The number of rotatable bonds is 2. The molecule has 1 saturated heterocycles. The summed E-state index contributed by atoms with van der Waals surface area (Å²) in [6.45, 7) is 4.69. The molecule has 4 nitrogen and oxygen atoms in total. The number of urea groups is 1. The van der Waals surface area contributed by atoms with Crippen molar-refractivity contribution < 1.29 is 9.90 Å². The third-order valence-corrected chi connectivity index (χ3v) is 4.04. The summed E-state index contributed by atoms with van der Waals surface area (Å²) in [5, 5.41) is 12.2. The van der Waals surface area contributed by atoms with E-state index in [4.69, 9.17) is 0 Å². The van der Waals surface area contributed by atoms with Crippen LogP contribution >= 0.6 is 15.9 Å². The Kier molecular flexibility index (Phi) is 4.47. The van der Waals surface area contributed by atoms with E-state index in [2.05, 4.69) is 21.2 Å². The van der Waals surface area contributed by atoms with Crippen molar-refractivity contribution in [3.63, 3.8) is 0 Å². The number of hydrogen-bond donors (Lipinski definition) is 2. The number of likely N-dealkylation sites (tertiary alicyclic amines) is 1. The highest BCUT2D eigenvalue weighted by atomic mass is 79.9. The van der Waals surface area contributed by atoms with Gasteiger partial charge in [-0.05, 0) is 49.9 Å². The Morgan fingerprint density at radius 1 is 1.47 bits per heavy atom. The number of benzene rings is 1. The second-order valence-electron chi connectivity index (χ2n) is 5.02. The molecule has 0 bridgehead atoms. The molecule has 2 amide bonds. The van der Waals surface area contributed by atoms with Gasteiger partial charge < -0.3 is 15.3 Å². The monoisotopic (exact) mass is 326 g/mol. The SMILES string of the molecule is Cc1cc(Br)cc(C)c1NC(=O)N1CCC[C@H]1CO. The molecule has 5 heteroatoms. The van der Waals surface area contributed by atoms with Crippen LogP contribution in [0.5, 0.6) is 0 Å². The molecule has 0 radical (unpaired) electrons. The van der Waals surface area contributed by atoms with Gasteiger partial charge in [-0.15, -0.1) is 0 Å². The van der Waals surface area contributed by atoms with Crippen LogP contribution in [0.1, 0.15) is 24.0 Å². The maximum Gasteiger partial charge on any atom is 0.322 e. The van der Waals surface area contributed by atoms with Crippen molar-refractivity contribution in [2.45, 2.75) is 32.7 Å². The molecule has 0 unspecified atom stereocenters. The van der Waals surface area contributed by atoms with Crippen molar-refractivity contribution in [2.24, 2.45) is 0 Å². The molecule has 0 spiro atoms. The van der Waals surface area contributed by atoms with Crippen LogP contribution in [0.25, 0.3) is 0 Å². The lowest BCUT2D eigenvalue weighted by molar-refractivity contribution is 0.166. The van der Waals surface area contributed by atoms with Gasteiger partial charge in [0.2, 0.25) is 0 Å². The number of halogens is 1. The molecule has 1 aromatic rings. The van der Waals surface area contributed by atoms with Gasteiger partial charge in [0.05, 0.1) is 12.6 Å². The molecule has 0 aliphatic carbocycles. The molecule has 1 aliphatic heterocycles. The summed E-state index contributed by atoms with van der Waals surface area (Å²) in [6.07, 6.45) is 1.83. The van der Waals surface area contributed by atoms with Gasteiger partial charge in [0.1, 0.15) is 0 Å². The summed E-state index contributed by atoms with van der Waals surface area (Å²) in [7, 11) is 0. The second kappa shape index (κ2) is 5.92. The number of nitrogens with one attached hydrogen (secondary N) is 1. The predicted octanol–water partition coefficient (Wildman–Crippen LogP) is 3.05. The smallest absolute Gasteiger partial charge is 0.322 e. The van der Waals surface area contributed by atoms with Crippen molar-refractivity contribution in [2.75, 3.05) is 18.5 Å².